The molecule has 0 saturated carbocycles. The number of carbonyl (C=O) groups excluding carboxylic acids is 1. The lowest BCUT2D eigenvalue weighted by Gasteiger charge is -2.24. The normalized spacial score (nSPS) is 24.4. The molecule has 1 amide bonds. The fraction of sp³-hybridized carbons (Fsp3) is 0.611. The zero-order chi connectivity index (χ0) is 15.5. The molecule has 2 aliphatic heterocycles. The molecule has 3 rings (SSSR count). The number of amides is 1. The molecule has 0 aliphatic carbocycles. The lowest BCUT2D eigenvalue weighted by molar-refractivity contribution is -0.130. The van der Waals surface area contributed by atoms with Gasteiger partial charge in [0.05, 0.1) is 0 Å². The molecular weight excluding hydrogens is 292 g/mol. The van der Waals surface area contributed by atoms with E-state index in [0.717, 1.165) is 25.3 Å². The molecule has 3 nitrogen and oxygen atoms in total. The number of thioether (sulfide) groups is 1. The number of hydrogen-bond donors (Lipinski definition) is 1. The van der Waals surface area contributed by atoms with Gasteiger partial charge < -0.3 is 10.2 Å². The summed E-state index contributed by atoms with van der Waals surface area (Å²) >= 11 is 1.79. The highest BCUT2D eigenvalue weighted by molar-refractivity contribution is 7.99. The average Bonchev–Trinajstić information content (AvgIpc) is 2.82. The summed E-state index contributed by atoms with van der Waals surface area (Å²) in [4.78, 5) is 15.8. The lowest BCUT2D eigenvalue weighted by Crippen LogP contribution is -2.39. The van der Waals surface area contributed by atoms with Crippen LogP contribution >= 0.6 is 11.8 Å². The highest BCUT2D eigenvalue weighted by Crippen LogP contribution is 2.23. The summed E-state index contributed by atoms with van der Waals surface area (Å²) in [7, 11) is 0. The smallest absolute Gasteiger partial charge is 0.223 e. The van der Waals surface area contributed by atoms with Crippen molar-refractivity contribution in [3.8, 4) is 0 Å². The Labute approximate surface area is 137 Å². The summed E-state index contributed by atoms with van der Waals surface area (Å²) in [6, 6.07) is 7.72. The second kappa shape index (κ2) is 7.05. The Bertz CT molecular complexity index is 546. The molecule has 2 heterocycles. The van der Waals surface area contributed by atoms with Gasteiger partial charge in [0.15, 0.2) is 0 Å². The van der Waals surface area contributed by atoms with Crippen molar-refractivity contribution in [3.05, 3.63) is 29.3 Å². The van der Waals surface area contributed by atoms with Crippen molar-refractivity contribution < 1.29 is 4.79 Å². The Morgan fingerprint density at radius 1 is 1.23 bits per heavy atom. The zero-order valence-corrected chi connectivity index (χ0v) is 14.4. The minimum Gasteiger partial charge on any atom is -0.341 e. The van der Waals surface area contributed by atoms with Gasteiger partial charge >= 0.3 is 0 Å². The van der Waals surface area contributed by atoms with Crippen LogP contribution in [0, 0.1) is 13.8 Å². The topological polar surface area (TPSA) is 32.3 Å². The number of nitrogens with one attached hydrogen (secondary N) is 1. The van der Waals surface area contributed by atoms with Gasteiger partial charge in [-0.05, 0) is 56.4 Å². The van der Waals surface area contributed by atoms with Crippen LogP contribution in [0.5, 0.6) is 0 Å². The fourth-order valence-corrected chi connectivity index (χ4v) is 4.32. The first-order chi connectivity index (χ1) is 10.6. The number of likely N-dealkylation sites (tertiary alicyclic amines) is 1. The van der Waals surface area contributed by atoms with Crippen LogP contribution in [0.1, 0.15) is 36.8 Å². The molecule has 120 valence electrons. The molecule has 2 atom stereocenters. The van der Waals surface area contributed by atoms with Gasteiger partial charge in [-0.25, -0.2) is 0 Å². The van der Waals surface area contributed by atoms with E-state index in [1.807, 2.05) is 0 Å². The van der Waals surface area contributed by atoms with E-state index in [1.165, 1.54) is 28.9 Å². The van der Waals surface area contributed by atoms with Crippen molar-refractivity contribution in [2.24, 2.45) is 0 Å². The van der Waals surface area contributed by atoms with E-state index >= 15 is 0 Å². The molecule has 2 fully saturated rings. The third kappa shape index (κ3) is 3.85. The Morgan fingerprint density at radius 2 is 2.05 bits per heavy atom. The molecule has 1 aromatic carbocycles. The van der Waals surface area contributed by atoms with Gasteiger partial charge in [-0.2, -0.15) is 0 Å². The Morgan fingerprint density at radius 3 is 2.86 bits per heavy atom. The van der Waals surface area contributed by atoms with E-state index in [-0.39, 0.29) is 0 Å². The Hall–Kier alpha value is -1.00. The molecule has 0 spiro atoms. The minimum atomic E-state index is 0.325. The standard InChI is InChI=1S/C18H26N2OS/c1-13-3-6-17(11-14(13)2)22-10-8-18(21)20-9-7-15-4-5-16(12-20)19-15/h3,6,11,15-16,19H,4-5,7-10,12H2,1-2H3. The van der Waals surface area contributed by atoms with Gasteiger partial charge in [-0.3, -0.25) is 4.79 Å². The van der Waals surface area contributed by atoms with E-state index in [1.54, 1.807) is 11.8 Å². The molecule has 0 aromatic heterocycles. The molecule has 22 heavy (non-hydrogen) atoms. The number of benzene rings is 1. The van der Waals surface area contributed by atoms with Gasteiger partial charge in [0.2, 0.25) is 5.91 Å². The van der Waals surface area contributed by atoms with E-state index < -0.39 is 0 Å². The average molecular weight is 318 g/mol. The highest BCUT2D eigenvalue weighted by atomic mass is 32.2. The van der Waals surface area contributed by atoms with Crippen LogP contribution in [0.25, 0.3) is 0 Å². The summed E-state index contributed by atoms with van der Waals surface area (Å²) in [5, 5.41) is 3.63. The fourth-order valence-electron chi connectivity index (χ4n) is 3.39. The molecule has 2 aliphatic rings. The third-order valence-electron chi connectivity index (χ3n) is 4.94. The van der Waals surface area contributed by atoms with Crippen molar-refractivity contribution in [2.75, 3.05) is 18.8 Å². The maximum atomic E-state index is 12.4. The highest BCUT2D eigenvalue weighted by Gasteiger charge is 2.30. The maximum Gasteiger partial charge on any atom is 0.223 e. The van der Waals surface area contributed by atoms with Crippen molar-refractivity contribution in [1.29, 1.82) is 0 Å². The third-order valence-corrected chi connectivity index (χ3v) is 5.93. The number of rotatable bonds is 4. The Balaban J connectivity index is 1.46. The molecule has 1 aromatic rings. The van der Waals surface area contributed by atoms with Gasteiger partial charge in [0, 0.05) is 42.2 Å². The van der Waals surface area contributed by atoms with E-state index in [2.05, 4.69) is 42.3 Å². The Kier molecular flexibility index (Phi) is 5.09. The summed E-state index contributed by atoms with van der Waals surface area (Å²) in [5.74, 6) is 1.20. The van der Waals surface area contributed by atoms with Crippen LogP contribution in [0.3, 0.4) is 0 Å². The van der Waals surface area contributed by atoms with Crippen molar-refractivity contribution in [3.63, 3.8) is 0 Å². The second-order valence-corrected chi connectivity index (χ2v) is 7.78. The predicted octanol–water partition coefficient (Wildman–Crippen LogP) is 3.14. The van der Waals surface area contributed by atoms with Gasteiger partial charge in [-0.1, -0.05) is 6.07 Å². The number of carbonyl (C=O) groups is 1. The van der Waals surface area contributed by atoms with Crippen LogP contribution in [0.4, 0.5) is 0 Å². The zero-order valence-electron chi connectivity index (χ0n) is 13.6. The SMILES string of the molecule is Cc1ccc(SCCC(=O)N2CCC3CCC(C2)N3)cc1C. The van der Waals surface area contributed by atoms with Gasteiger partial charge in [0.25, 0.3) is 0 Å². The van der Waals surface area contributed by atoms with E-state index in [9.17, 15) is 4.79 Å². The molecule has 2 saturated heterocycles. The second-order valence-electron chi connectivity index (χ2n) is 6.61. The maximum absolute atomic E-state index is 12.4. The predicted molar refractivity (Wildman–Crippen MR) is 92.4 cm³/mol. The van der Waals surface area contributed by atoms with Crippen molar-refractivity contribution in [1.82, 2.24) is 10.2 Å². The van der Waals surface area contributed by atoms with Crippen LogP contribution in [0.15, 0.2) is 23.1 Å². The summed E-state index contributed by atoms with van der Waals surface area (Å²) in [6.07, 6.45) is 4.28. The number of fused-ring (bicyclic) bond motifs is 2. The molecule has 0 radical (unpaired) electrons. The monoisotopic (exact) mass is 318 g/mol. The lowest BCUT2D eigenvalue weighted by atomic mass is 10.1. The number of aryl methyl sites for hydroxylation is 2. The van der Waals surface area contributed by atoms with Crippen LogP contribution < -0.4 is 5.32 Å². The number of nitrogens with zero attached hydrogens (tertiary/aromatic N) is 1. The molecular formula is C18H26N2OS. The van der Waals surface area contributed by atoms with Crippen LogP contribution in [0.2, 0.25) is 0 Å². The summed E-state index contributed by atoms with van der Waals surface area (Å²) in [5.41, 5.74) is 2.65. The first kappa shape index (κ1) is 15.9. The van der Waals surface area contributed by atoms with Crippen LogP contribution in [-0.2, 0) is 4.79 Å². The largest absolute Gasteiger partial charge is 0.341 e. The van der Waals surface area contributed by atoms with Gasteiger partial charge in [-0.15, -0.1) is 11.8 Å². The van der Waals surface area contributed by atoms with Crippen LogP contribution in [-0.4, -0.2) is 41.7 Å². The quantitative estimate of drug-likeness (QED) is 0.866. The van der Waals surface area contributed by atoms with E-state index in [0.29, 0.717) is 24.4 Å². The first-order valence-corrected chi connectivity index (χ1v) is 9.34. The summed E-state index contributed by atoms with van der Waals surface area (Å²) in [6.45, 7) is 6.11. The van der Waals surface area contributed by atoms with Crippen molar-refractivity contribution in [2.45, 2.75) is 56.5 Å². The minimum absolute atomic E-state index is 0.325. The molecule has 4 heteroatoms. The molecule has 2 bridgehead atoms. The van der Waals surface area contributed by atoms with E-state index in [4.69, 9.17) is 0 Å². The van der Waals surface area contributed by atoms with Crippen molar-refractivity contribution >= 4 is 17.7 Å². The molecule has 1 N–H and O–H groups in total. The summed E-state index contributed by atoms with van der Waals surface area (Å²) < 4.78 is 0. The first-order valence-electron chi connectivity index (χ1n) is 8.35. The molecule has 2 unspecified atom stereocenters. The van der Waals surface area contributed by atoms with Gasteiger partial charge in [0.1, 0.15) is 0 Å². The number of hydrogen-bond acceptors (Lipinski definition) is 3.